The molecule has 1 saturated heterocycles. The summed E-state index contributed by atoms with van der Waals surface area (Å²) in [5.74, 6) is -0.288. The lowest BCUT2D eigenvalue weighted by Gasteiger charge is -2.21. The molecule has 2 aliphatic rings. The molecule has 4 rings (SSSR count). The van der Waals surface area contributed by atoms with Gasteiger partial charge in [-0.05, 0) is 56.0 Å². The van der Waals surface area contributed by atoms with Crippen LogP contribution in [-0.2, 0) is 4.79 Å². The Hall–Kier alpha value is -3.15. The van der Waals surface area contributed by atoms with Gasteiger partial charge >= 0.3 is 6.03 Å². The second kappa shape index (κ2) is 5.98. The van der Waals surface area contributed by atoms with Gasteiger partial charge in [0.05, 0.1) is 5.69 Å². The quantitative estimate of drug-likeness (QED) is 0.832. The second-order valence-corrected chi connectivity index (χ2v) is 6.92. The fourth-order valence-corrected chi connectivity index (χ4v) is 3.34. The number of anilines is 2. The van der Waals surface area contributed by atoms with Gasteiger partial charge < -0.3 is 10.6 Å². The number of carbonyl (C=O) groups is 3. The minimum Gasteiger partial charge on any atom is -0.323 e. The number of imide groups is 1. The topological polar surface area (TPSA) is 78.5 Å². The van der Waals surface area contributed by atoms with Gasteiger partial charge in [0.25, 0.3) is 11.8 Å². The number of carbonyl (C=O) groups excluding carboxylic acids is 3. The predicted octanol–water partition coefficient (Wildman–Crippen LogP) is 3.16. The molecule has 2 N–H and O–H groups in total. The minimum absolute atomic E-state index is 0.199. The van der Waals surface area contributed by atoms with E-state index in [0.29, 0.717) is 16.9 Å². The average Bonchev–Trinajstić information content (AvgIpc) is 3.45. The van der Waals surface area contributed by atoms with Gasteiger partial charge in [0, 0.05) is 11.3 Å². The van der Waals surface area contributed by atoms with E-state index in [4.69, 9.17) is 0 Å². The first kappa shape index (κ1) is 16.3. The lowest BCUT2D eigenvalue weighted by molar-refractivity contribution is -0.122. The highest BCUT2D eigenvalue weighted by Crippen LogP contribution is 2.43. The monoisotopic (exact) mass is 349 g/mol. The Kier molecular flexibility index (Phi) is 3.76. The molecule has 6 nitrogen and oxygen atoms in total. The molecule has 6 heteroatoms. The number of rotatable bonds is 4. The lowest BCUT2D eigenvalue weighted by atomic mass is 9.96. The second-order valence-electron chi connectivity index (χ2n) is 6.92. The van der Waals surface area contributed by atoms with Crippen molar-refractivity contribution in [3.05, 3.63) is 60.2 Å². The van der Waals surface area contributed by atoms with Gasteiger partial charge in [-0.1, -0.05) is 24.3 Å². The summed E-state index contributed by atoms with van der Waals surface area (Å²) in [5.41, 5.74) is 0.675. The van der Waals surface area contributed by atoms with E-state index in [9.17, 15) is 14.4 Å². The van der Waals surface area contributed by atoms with E-state index in [2.05, 4.69) is 10.6 Å². The smallest absolute Gasteiger partial charge is 0.323 e. The van der Waals surface area contributed by atoms with Crippen molar-refractivity contribution in [3.8, 4) is 0 Å². The van der Waals surface area contributed by atoms with Crippen molar-refractivity contribution in [3.63, 3.8) is 0 Å². The van der Waals surface area contributed by atoms with Crippen LogP contribution in [0.3, 0.4) is 0 Å². The standard InChI is InChI=1S/C20H19N3O3/c1-20(14-10-11-14)18(25)23(19(26)22-20)16-9-5-8-15(12-16)21-17(24)13-6-3-2-4-7-13/h2-9,12,14H,10-11H2,1H3,(H,21,24)(H,22,26). The van der Waals surface area contributed by atoms with Crippen molar-refractivity contribution in [2.45, 2.75) is 25.3 Å². The maximum atomic E-state index is 12.8. The first-order chi connectivity index (χ1) is 12.5. The van der Waals surface area contributed by atoms with Gasteiger partial charge in [0.2, 0.25) is 0 Å². The van der Waals surface area contributed by atoms with Crippen molar-refractivity contribution >= 4 is 29.2 Å². The summed E-state index contributed by atoms with van der Waals surface area (Å²) in [6.07, 6.45) is 1.90. The van der Waals surface area contributed by atoms with Crippen LogP contribution in [0.5, 0.6) is 0 Å². The molecule has 0 aromatic heterocycles. The maximum Gasteiger partial charge on any atom is 0.329 e. The molecule has 1 atom stereocenters. The van der Waals surface area contributed by atoms with Crippen molar-refractivity contribution in [2.75, 3.05) is 10.2 Å². The SMILES string of the molecule is CC1(C2CC2)NC(=O)N(c2cccc(NC(=O)c3ccccc3)c2)C1=O. The highest BCUT2D eigenvalue weighted by atomic mass is 16.2. The zero-order valence-corrected chi connectivity index (χ0v) is 14.4. The van der Waals surface area contributed by atoms with E-state index in [-0.39, 0.29) is 17.7 Å². The highest BCUT2D eigenvalue weighted by Gasteiger charge is 2.56. The molecule has 26 heavy (non-hydrogen) atoms. The molecule has 1 aliphatic carbocycles. The third kappa shape index (κ3) is 2.73. The molecular weight excluding hydrogens is 330 g/mol. The molecule has 1 aliphatic heterocycles. The largest absolute Gasteiger partial charge is 0.329 e. The number of benzene rings is 2. The summed E-state index contributed by atoms with van der Waals surface area (Å²) < 4.78 is 0. The number of hydrogen-bond donors (Lipinski definition) is 2. The van der Waals surface area contributed by atoms with E-state index in [1.165, 1.54) is 0 Å². The van der Waals surface area contributed by atoms with Crippen molar-refractivity contribution in [2.24, 2.45) is 5.92 Å². The predicted molar refractivity (Wildman–Crippen MR) is 98.0 cm³/mol. The molecule has 4 amide bonds. The number of hydrogen-bond acceptors (Lipinski definition) is 3. The van der Waals surface area contributed by atoms with Crippen LogP contribution >= 0.6 is 0 Å². The first-order valence-electron chi connectivity index (χ1n) is 8.62. The van der Waals surface area contributed by atoms with Crippen LogP contribution in [0.4, 0.5) is 16.2 Å². The van der Waals surface area contributed by atoms with Gasteiger partial charge in [0.15, 0.2) is 0 Å². The summed E-state index contributed by atoms with van der Waals surface area (Å²) in [6, 6.07) is 15.2. The molecule has 1 heterocycles. The summed E-state index contributed by atoms with van der Waals surface area (Å²) in [7, 11) is 0. The molecule has 132 valence electrons. The third-order valence-corrected chi connectivity index (χ3v) is 5.01. The Morgan fingerprint density at radius 1 is 1.12 bits per heavy atom. The summed E-state index contributed by atoms with van der Waals surface area (Å²) >= 11 is 0. The van der Waals surface area contributed by atoms with Gasteiger partial charge in [0.1, 0.15) is 5.54 Å². The van der Waals surface area contributed by atoms with E-state index in [1.807, 2.05) is 6.07 Å². The number of urea groups is 1. The van der Waals surface area contributed by atoms with Crippen molar-refractivity contribution < 1.29 is 14.4 Å². The fraction of sp³-hybridized carbons (Fsp3) is 0.250. The summed E-state index contributed by atoms with van der Waals surface area (Å²) in [6.45, 7) is 1.78. The molecule has 2 fully saturated rings. The van der Waals surface area contributed by atoms with Crippen molar-refractivity contribution in [1.29, 1.82) is 0 Å². The normalized spacial score (nSPS) is 22.3. The van der Waals surface area contributed by atoms with Crippen LogP contribution in [0.25, 0.3) is 0 Å². The zero-order chi connectivity index (χ0) is 18.3. The molecule has 1 saturated carbocycles. The van der Waals surface area contributed by atoms with Crippen LogP contribution in [0, 0.1) is 5.92 Å². The molecule has 2 aromatic rings. The Labute approximate surface area is 151 Å². The van der Waals surface area contributed by atoms with E-state index < -0.39 is 11.6 Å². The Morgan fingerprint density at radius 2 is 1.85 bits per heavy atom. The van der Waals surface area contributed by atoms with E-state index >= 15 is 0 Å². The van der Waals surface area contributed by atoms with Crippen LogP contribution in [0.15, 0.2) is 54.6 Å². The average molecular weight is 349 g/mol. The van der Waals surface area contributed by atoms with Gasteiger partial charge in [-0.3, -0.25) is 9.59 Å². The van der Waals surface area contributed by atoms with Crippen LogP contribution in [-0.4, -0.2) is 23.4 Å². The van der Waals surface area contributed by atoms with Gasteiger partial charge in [-0.2, -0.15) is 0 Å². The maximum absolute atomic E-state index is 12.8. The lowest BCUT2D eigenvalue weighted by Crippen LogP contribution is -2.46. The fourth-order valence-electron chi connectivity index (χ4n) is 3.34. The third-order valence-electron chi connectivity index (χ3n) is 5.01. The highest BCUT2D eigenvalue weighted by molar-refractivity contribution is 6.23. The zero-order valence-electron chi connectivity index (χ0n) is 14.4. The molecule has 1 unspecified atom stereocenters. The van der Waals surface area contributed by atoms with Crippen molar-refractivity contribution in [1.82, 2.24) is 5.32 Å². The molecule has 0 radical (unpaired) electrons. The van der Waals surface area contributed by atoms with E-state index in [1.54, 1.807) is 55.5 Å². The van der Waals surface area contributed by atoms with Crippen LogP contribution in [0.2, 0.25) is 0 Å². The summed E-state index contributed by atoms with van der Waals surface area (Å²) in [4.78, 5) is 38.7. The van der Waals surface area contributed by atoms with Crippen LogP contribution < -0.4 is 15.5 Å². The Balaban J connectivity index is 1.57. The number of nitrogens with one attached hydrogen (secondary N) is 2. The molecule has 0 bridgehead atoms. The number of nitrogens with zero attached hydrogens (tertiary/aromatic N) is 1. The molecule has 2 aromatic carbocycles. The molecule has 0 spiro atoms. The minimum atomic E-state index is -0.833. The Bertz CT molecular complexity index is 892. The Morgan fingerprint density at radius 3 is 2.54 bits per heavy atom. The summed E-state index contributed by atoms with van der Waals surface area (Å²) in [5, 5.41) is 5.63. The molecular formula is C20H19N3O3. The van der Waals surface area contributed by atoms with Gasteiger partial charge in [-0.15, -0.1) is 0 Å². The van der Waals surface area contributed by atoms with E-state index in [0.717, 1.165) is 17.7 Å². The van der Waals surface area contributed by atoms with Gasteiger partial charge in [-0.25, -0.2) is 9.69 Å². The number of amides is 4. The first-order valence-corrected chi connectivity index (χ1v) is 8.62. The van der Waals surface area contributed by atoms with Crippen LogP contribution in [0.1, 0.15) is 30.1 Å².